The highest BCUT2D eigenvalue weighted by Crippen LogP contribution is 2.19. The zero-order valence-electron chi connectivity index (χ0n) is 14.6. The summed E-state index contributed by atoms with van der Waals surface area (Å²) in [6, 6.07) is 23.2. The van der Waals surface area contributed by atoms with Crippen LogP contribution in [-0.2, 0) is 13.0 Å². The van der Waals surface area contributed by atoms with Gasteiger partial charge in [-0.05, 0) is 48.2 Å². The van der Waals surface area contributed by atoms with Crippen molar-refractivity contribution in [1.29, 1.82) is 5.26 Å². The number of amides is 1. The minimum absolute atomic E-state index is 0.0117. The van der Waals surface area contributed by atoms with Crippen LogP contribution < -0.4 is 0 Å². The summed E-state index contributed by atoms with van der Waals surface area (Å²) >= 11 is 1.71. The van der Waals surface area contributed by atoms with E-state index < -0.39 is 0 Å². The molecule has 0 fully saturated rings. The number of rotatable bonds is 6. The second-order valence-electron chi connectivity index (χ2n) is 6.24. The molecule has 2 aromatic carbocycles. The number of carbonyl (C=O) groups is 1. The third-order valence-electron chi connectivity index (χ3n) is 4.33. The van der Waals surface area contributed by atoms with E-state index in [1.807, 2.05) is 41.3 Å². The fraction of sp³-hybridized carbons (Fsp3) is 0.182. The molecule has 0 radical (unpaired) electrons. The van der Waals surface area contributed by atoms with Crippen molar-refractivity contribution in [3.05, 3.63) is 93.7 Å². The summed E-state index contributed by atoms with van der Waals surface area (Å²) in [6.45, 7) is 2.65. The lowest BCUT2D eigenvalue weighted by Crippen LogP contribution is -2.39. The number of benzene rings is 2. The van der Waals surface area contributed by atoms with Crippen LogP contribution in [0, 0.1) is 11.3 Å². The van der Waals surface area contributed by atoms with E-state index in [1.54, 1.807) is 35.6 Å². The Morgan fingerprint density at radius 1 is 1.08 bits per heavy atom. The molecule has 0 aliphatic heterocycles. The van der Waals surface area contributed by atoms with Gasteiger partial charge in [0.05, 0.1) is 11.6 Å². The topological polar surface area (TPSA) is 44.1 Å². The number of carbonyl (C=O) groups excluding carboxylic acids is 1. The highest BCUT2D eigenvalue weighted by atomic mass is 32.1. The molecule has 0 saturated carbocycles. The Kier molecular flexibility index (Phi) is 5.83. The largest absolute Gasteiger partial charge is 0.331 e. The van der Waals surface area contributed by atoms with Crippen LogP contribution in [0.3, 0.4) is 0 Å². The van der Waals surface area contributed by atoms with Gasteiger partial charge in [-0.15, -0.1) is 11.3 Å². The third kappa shape index (κ3) is 4.38. The van der Waals surface area contributed by atoms with Gasteiger partial charge >= 0.3 is 0 Å². The second-order valence-corrected chi connectivity index (χ2v) is 7.27. The van der Waals surface area contributed by atoms with Gasteiger partial charge in [0.2, 0.25) is 0 Å². The normalized spacial score (nSPS) is 11.5. The Morgan fingerprint density at radius 2 is 1.81 bits per heavy atom. The first-order chi connectivity index (χ1) is 12.7. The predicted molar refractivity (Wildman–Crippen MR) is 105 cm³/mol. The van der Waals surface area contributed by atoms with E-state index in [4.69, 9.17) is 5.26 Å². The number of nitrogens with zero attached hydrogens (tertiary/aromatic N) is 2. The maximum atomic E-state index is 13.2. The first-order valence-electron chi connectivity index (χ1n) is 8.55. The molecule has 4 heteroatoms. The molecule has 0 bridgehead atoms. The summed E-state index contributed by atoms with van der Waals surface area (Å²) in [6.07, 6.45) is 0.826. The SMILES string of the molecule is C[C@@H](Cc1cccs1)N(Cc1ccccc1)C(=O)c1ccc(C#N)cc1. The van der Waals surface area contributed by atoms with Crippen LogP contribution in [0.4, 0.5) is 0 Å². The van der Waals surface area contributed by atoms with Crippen molar-refractivity contribution >= 4 is 17.2 Å². The zero-order valence-corrected chi connectivity index (χ0v) is 15.4. The van der Waals surface area contributed by atoms with Crippen LogP contribution in [0.15, 0.2) is 72.1 Å². The molecule has 26 heavy (non-hydrogen) atoms. The molecule has 130 valence electrons. The van der Waals surface area contributed by atoms with E-state index in [0.29, 0.717) is 17.7 Å². The summed E-state index contributed by atoms with van der Waals surface area (Å²) in [4.78, 5) is 16.3. The molecule has 1 aromatic heterocycles. The lowest BCUT2D eigenvalue weighted by atomic mass is 10.1. The van der Waals surface area contributed by atoms with Crippen LogP contribution in [0.5, 0.6) is 0 Å². The smallest absolute Gasteiger partial charge is 0.254 e. The maximum Gasteiger partial charge on any atom is 0.254 e. The summed E-state index contributed by atoms with van der Waals surface area (Å²) in [5, 5.41) is 11.0. The van der Waals surface area contributed by atoms with Gasteiger partial charge in [0.1, 0.15) is 0 Å². The van der Waals surface area contributed by atoms with Gasteiger partial charge in [-0.3, -0.25) is 4.79 Å². The van der Waals surface area contributed by atoms with Crippen LogP contribution in [0.25, 0.3) is 0 Å². The molecule has 1 heterocycles. The summed E-state index contributed by atoms with van der Waals surface area (Å²) in [7, 11) is 0. The molecule has 3 nitrogen and oxygen atoms in total. The van der Waals surface area contributed by atoms with Crippen LogP contribution in [0.2, 0.25) is 0 Å². The maximum absolute atomic E-state index is 13.2. The van der Waals surface area contributed by atoms with Crippen molar-refractivity contribution in [2.75, 3.05) is 0 Å². The van der Waals surface area contributed by atoms with Crippen molar-refractivity contribution in [3.8, 4) is 6.07 Å². The fourth-order valence-corrected chi connectivity index (χ4v) is 3.72. The average Bonchev–Trinajstić information content (AvgIpc) is 3.19. The van der Waals surface area contributed by atoms with E-state index in [1.165, 1.54) is 4.88 Å². The van der Waals surface area contributed by atoms with E-state index in [9.17, 15) is 4.79 Å². The monoisotopic (exact) mass is 360 g/mol. The molecule has 0 saturated heterocycles. The second kappa shape index (κ2) is 8.46. The Hall–Kier alpha value is -2.90. The molecule has 3 aromatic rings. The Bertz CT molecular complexity index is 880. The highest BCUT2D eigenvalue weighted by Gasteiger charge is 2.22. The first-order valence-corrected chi connectivity index (χ1v) is 9.43. The molecule has 0 unspecified atom stereocenters. The van der Waals surface area contributed by atoms with Crippen molar-refractivity contribution < 1.29 is 4.79 Å². The van der Waals surface area contributed by atoms with Crippen molar-refractivity contribution in [2.24, 2.45) is 0 Å². The molecule has 0 aliphatic carbocycles. The lowest BCUT2D eigenvalue weighted by molar-refractivity contribution is 0.0676. The standard InChI is InChI=1S/C22H20N2OS/c1-17(14-21-8-5-13-26-21)24(16-19-6-3-2-4-7-19)22(25)20-11-9-18(15-23)10-12-20/h2-13,17H,14,16H2,1H3/t17-/m0/s1. The van der Waals surface area contributed by atoms with Gasteiger partial charge in [-0.25, -0.2) is 0 Å². The Balaban J connectivity index is 1.85. The summed E-state index contributed by atoms with van der Waals surface area (Å²) in [5.41, 5.74) is 2.27. The number of hydrogen-bond acceptors (Lipinski definition) is 3. The van der Waals surface area contributed by atoms with Gasteiger partial charge in [0.15, 0.2) is 0 Å². The zero-order chi connectivity index (χ0) is 18.4. The van der Waals surface area contributed by atoms with E-state index in [-0.39, 0.29) is 11.9 Å². The van der Waals surface area contributed by atoms with Gasteiger partial charge in [-0.1, -0.05) is 36.4 Å². The first kappa shape index (κ1) is 17.9. The van der Waals surface area contributed by atoms with Gasteiger partial charge in [0.25, 0.3) is 5.91 Å². The molecule has 0 N–H and O–H groups in total. The minimum atomic E-state index is -0.0117. The molecular formula is C22H20N2OS. The van der Waals surface area contributed by atoms with Gasteiger partial charge < -0.3 is 4.90 Å². The van der Waals surface area contributed by atoms with Crippen LogP contribution in [0.1, 0.15) is 33.3 Å². The summed E-state index contributed by atoms with van der Waals surface area (Å²) < 4.78 is 0. The third-order valence-corrected chi connectivity index (χ3v) is 5.23. The van der Waals surface area contributed by atoms with Gasteiger partial charge in [-0.2, -0.15) is 5.26 Å². The van der Waals surface area contributed by atoms with Crippen LogP contribution in [-0.4, -0.2) is 16.8 Å². The lowest BCUT2D eigenvalue weighted by Gasteiger charge is -2.29. The number of hydrogen-bond donors (Lipinski definition) is 0. The Morgan fingerprint density at radius 3 is 2.42 bits per heavy atom. The average molecular weight is 360 g/mol. The molecule has 0 aliphatic rings. The highest BCUT2D eigenvalue weighted by molar-refractivity contribution is 7.09. The van der Waals surface area contributed by atoms with E-state index in [2.05, 4.69) is 24.4 Å². The minimum Gasteiger partial charge on any atom is -0.331 e. The van der Waals surface area contributed by atoms with Crippen molar-refractivity contribution in [3.63, 3.8) is 0 Å². The van der Waals surface area contributed by atoms with Gasteiger partial charge in [0, 0.05) is 29.4 Å². The van der Waals surface area contributed by atoms with Crippen molar-refractivity contribution in [1.82, 2.24) is 4.90 Å². The Labute approximate surface area is 158 Å². The number of nitriles is 1. The molecule has 3 rings (SSSR count). The molecule has 1 atom stereocenters. The molecule has 1 amide bonds. The number of thiophene rings is 1. The summed E-state index contributed by atoms with van der Waals surface area (Å²) in [5.74, 6) is -0.0117. The molecular weight excluding hydrogens is 340 g/mol. The van der Waals surface area contributed by atoms with Crippen molar-refractivity contribution in [2.45, 2.75) is 25.9 Å². The fourth-order valence-electron chi connectivity index (χ4n) is 2.89. The van der Waals surface area contributed by atoms with E-state index >= 15 is 0 Å². The van der Waals surface area contributed by atoms with E-state index in [0.717, 1.165) is 12.0 Å². The predicted octanol–water partition coefficient (Wildman–Crippen LogP) is 4.89. The quantitative estimate of drug-likeness (QED) is 0.628. The van der Waals surface area contributed by atoms with Crippen LogP contribution >= 0.6 is 11.3 Å². The molecule has 0 spiro atoms.